The zero-order valence-electron chi connectivity index (χ0n) is 15.0. The average Bonchev–Trinajstić information content (AvgIpc) is 3.13. The van der Waals surface area contributed by atoms with E-state index < -0.39 is 0 Å². The molecule has 3 aromatic rings. The van der Waals surface area contributed by atoms with Crippen LogP contribution >= 0.6 is 11.8 Å². The Hall–Kier alpha value is -2.34. The minimum absolute atomic E-state index is 0.586. The standard InChI is InChI=1S/C20H23N5S/c1-24-18(7-10-22-24)17-8-11-25(12-9-17)19-13-21-14-20(23-19)26-15-16-5-3-2-4-6-16/h2-7,10,13-14,17H,8-9,11-12,15H2,1H3. The smallest absolute Gasteiger partial charge is 0.148 e. The molecule has 0 bridgehead atoms. The van der Waals surface area contributed by atoms with Gasteiger partial charge in [-0.1, -0.05) is 30.3 Å². The van der Waals surface area contributed by atoms with Gasteiger partial charge in [-0.05, 0) is 24.5 Å². The van der Waals surface area contributed by atoms with Crippen molar-refractivity contribution < 1.29 is 0 Å². The quantitative estimate of drug-likeness (QED) is 0.642. The summed E-state index contributed by atoms with van der Waals surface area (Å²) in [6.45, 7) is 2.02. The normalized spacial score (nSPS) is 15.3. The van der Waals surface area contributed by atoms with Crippen LogP contribution in [-0.4, -0.2) is 32.8 Å². The van der Waals surface area contributed by atoms with Gasteiger partial charge in [-0.15, -0.1) is 11.8 Å². The summed E-state index contributed by atoms with van der Waals surface area (Å²) in [5.41, 5.74) is 2.64. The number of benzene rings is 1. The van der Waals surface area contributed by atoms with Crippen LogP contribution in [-0.2, 0) is 12.8 Å². The Bertz CT molecular complexity index is 840. The molecule has 1 fully saturated rings. The summed E-state index contributed by atoms with van der Waals surface area (Å²) in [5, 5.41) is 5.29. The second kappa shape index (κ2) is 7.91. The minimum Gasteiger partial charge on any atom is -0.355 e. The van der Waals surface area contributed by atoms with Crippen molar-refractivity contribution in [2.24, 2.45) is 7.05 Å². The van der Waals surface area contributed by atoms with Gasteiger partial charge in [0.25, 0.3) is 0 Å². The van der Waals surface area contributed by atoms with Gasteiger partial charge in [0.2, 0.25) is 0 Å². The van der Waals surface area contributed by atoms with Gasteiger partial charge >= 0.3 is 0 Å². The molecule has 1 saturated heterocycles. The largest absolute Gasteiger partial charge is 0.355 e. The van der Waals surface area contributed by atoms with Crippen LogP contribution in [0.3, 0.4) is 0 Å². The first kappa shape index (κ1) is 17.1. The van der Waals surface area contributed by atoms with Crippen LogP contribution < -0.4 is 4.90 Å². The van der Waals surface area contributed by atoms with Crippen LogP contribution in [0.15, 0.2) is 60.0 Å². The predicted molar refractivity (Wildman–Crippen MR) is 105 cm³/mol. The van der Waals surface area contributed by atoms with Crippen molar-refractivity contribution in [1.29, 1.82) is 0 Å². The first-order valence-corrected chi connectivity index (χ1v) is 10.00. The first-order valence-electron chi connectivity index (χ1n) is 9.01. The highest BCUT2D eigenvalue weighted by Gasteiger charge is 2.23. The fourth-order valence-corrected chi connectivity index (χ4v) is 4.28. The number of aryl methyl sites for hydroxylation is 1. The fraction of sp³-hybridized carbons (Fsp3) is 0.350. The zero-order chi connectivity index (χ0) is 17.8. The highest BCUT2D eigenvalue weighted by atomic mass is 32.2. The summed E-state index contributed by atoms with van der Waals surface area (Å²) >= 11 is 1.74. The average molecular weight is 366 g/mol. The van der Waals surface area contributed by atoms with E-state index in [-0.39, 0.29) is 0 Å². The van der Waals surface area contributed by atoms with E-state index in [4.69, 9.17) is 4.98 Å². The third-order valence-corrected chi connectivity index (χ3v) is 5.90. The first-order chi connectivity index (χ1) is 12.8. The summed E-state index contributed by atoms with van der Waals surface area (Å²) in [6.07, 6.45) is 7.89. The van der Waals surface area contributed by atoms with Crippen molar-refractivity contribution >= 4 is 17.6 Å². The molecule has 5 nitrogen and oxygen atoms in total. The molecule has 134 valence electrons. The number of hydrogen-bond acceptors (Lipinski definition) is 5. The number of nitrogens with zero attached hydrogens (tertiary/aromatic N) is 5. The van der Waals surface area contributed by atoms with E-state index in [1.54, 1.807) is 11.8 Å². The van der Waals surface area contributed by atoms with Crippen LogP contribution in [0.1, 0.15) is 30.0 Å². The molecule has 1 aliphatic heterocycles. The van der Waals surface area contributed by atoms with Crippen LogP contribution in [0.2, 0.25) is 0 Å². The highest BCUT2D eigenvalue weighted by molar-refractivity contribution is 7.98. The van der Waals surface area contributed by atoms with Crippen molar-refractivity contribution in [1.82, 2.24) is 19.7 Å². The molecule has 0 unspecified atom stereocenters. The number of thioether (sulfide) groups is 1. The molecule has 6 heteroatoms. The number of anilines is 1. The van der Waals surface area contributed by atoms with Crippen LogP contribution in [0.5, 0.6) is 0 Å². The molecule has 0 saturated carbocycles. The molecule has 2 aromatic heterocycles. The Morgan fingerprint density at radius 3 is 2.62 bits per heavy atom. The molecule has 26 heavy (non-hydrogen) atoms. The molecule has 0 N–H and O–H groups in total. The molecule has 4 rings (SSSR count). The molecule has 0 amide bonds. The maximum atomic E-state index is 4.83. The lowest BCUT2D eigenvalue weighted by Crippen LogP contribution is -2.34. The Kier molecular flexibility index (Phi) is 5.20. The van der Waals surface area contributed by atoms with Gasteiger partial charge in [0.1, 0.15) is 10.8 Å². The molecular formula is C20H23N5S. The maximum Gasteiger partial charge on any atom is 0.148 e. The molecule has 1 aliphatic rings. The minimum atomic E-state index is 0.586. The molecule has 0 radical (unpaired) electrons. The van der Waals surface area contributed by atoms with E-state index in [1.165, 1.54) is 11.3 Å². The molecular weight excluding hydrogens is 342 g/mol. The van der Waals surface area contributed by atoms with E-state index in [1.807, 2.05) is 36.4 Å². The van der Waals surface area contributed by atoms with Crippen molar-refractivity contribution in [3.05, 3.63) is 66.2 Å². The molecule has 1 aromatic carbocycles. The lowest BCUT2D eigenvalue weighted by molar-refractivity contribution is 0.474. The van der Waals surface area contributed by atoms with E-state index >= 15 is 0 Å². The third kappa shape index (κ3) is 3.90. The molecule has 0 atom stereocenters. The van der Waals surface area contributed by atoms with Crippen molar-refractivity contribution in [3.8, 4) is 0 Å². The lowest BCUT2D eigenvalue weighted by atomic mass is 9.93. The maximum absolute atomic E-state index is 4.83. The van der Waals surface area contributed by atoms with Gasteiger partial charge < -0.3 is 4.90 Å². The van der Waals surface area contributed by atoms with Gasteiger partial charge in [-0.2, -0.15) is 5.10 Å². The Morgan fingerprint density at radius 1 is 1.08 bits per heavy atom. The monoisotopic (exact) mass is 365 g/mol. The van der Waals surface area contributed by atoms with Crippen LogP contribution in [0.25, 0.3) is 0 Å². The van der Waals surface area contributed by atoms with Crippen molar-refractivity contribution in [2.45, 2.75) is 29.5 Å². The van der Waals surface area contributed by atoms with Crippen LogP contribution in [0, 0.1) is 0 Å². The van der Waals surface area contributed by atoms with Gasteiger partial charge in [0.05, 0.1) is 12.4 Å². The van der Waals surface area contributed by atoms with E-state index in [2.05, 4.69) is 45.3 Å². The number of aromatic nitrogens is 4. The topological polar surface area (TPSA) is 46.8 Å². The van der Waals surface area contributed by atoms with Gasteiger partial charge in [0.15, 0.2) is 0 Å². The third-order valence-electron chi connectivity index (χ3n) is 4.93. The number of rotatable bonds is 5. The summed E-state index contributed by atoms with van der Waals surface area (Å²) in [6, 6.07) is 12.6. The summed E-state index contributed by atoms with van der Waals surface area (Å²) in [7, 11) is 2.03. The highest BCUT2D eigenvalue weighted by Crippen LogP contribution is 2.30. The summed E-state index contributed by atoms with van der Waals surface area (Å²) < 4.78 is 2.00. The summed E-state index contributed by atoms with van der Waals surface area (Å²) in [5.74, 6) is 2.50. The Morgan fingerprint density at radius 2 is 1.88 bits per heavy atom. The van der Waals surface area contributed by atoms with E-state index in [9.17, 15) is 0 Å². The second-order valence-electron chi connectivity index (χ2n) is 6.63. The predicted octanol–water partition coefficient (Wildman–Crippen LogP) is 3.89. The van der Waals surface area contributed by atoms with Gasteiger partial charge in [0, 0.05) is 43.7 Å². The fourth-order valence-electron chi connectivity index (χ4n) is 3.48. The SMILES string of the molecule is Cn1nccc1C1CCN(c2cncc(SCc3ccccc3)n2)CC1. The van der Waals surface area contributed by atoms with Crippen LogP contribution in [0.4, 0.5) is 5.82 Å². The van der Waals surface area contributed by atoms with Gasteiger partial charge in [-0.3, -0.25) is 9.67 Å². The van der Waals surface area contributed by atoms with Gasteiger partial charge in [-0.25, -0.2) is 4.98 Å². The zero-order valence-corrected chi connectivity index (χ0v) is 15.8. The Balaban J connectivity index is 1.37. The molecule has 0 spiro atoms. The molecule has 3 heterocycles. The summed E-state index contributed by atoms with van der Waals surface area (Å²) in [4.78, 5) is 11.6. The molecule has 0 aliphatic carbocycles. The van der Waals surface area contributed by atoms with Crippen molar-refractivity contribution in [3.63, 3.8) is 0 Å². The van der Waals surface area contributed by atoms with E-state index in [0.717, 1.165) is 42.5 Å². The van der Waals surface area contributed by atoms with E-state index in [0.29, 0.717) is 5.92 Å². The Labute approximate surface area is 158 Å². The number of hydrogen-bond donors (Lipinski definition) is 0. The lowest BCUT2D eigenvalue weighted by Gasteiger charge is -2.32. The van der Waals surface area contributed by atoms with Crippen molar-refractivity contribution in [2.75, 3.05) is 18.0 Å². The second-order valence-corrected chi connectivity index (χ2v) is 7.63. The number of piperidine rings is 1.